The molecule has 1 N–H and O–H groups in total. The number of hydrogen-bond acceptors (Lipinski definition) is 5. The van der Waals surface area contributed by atoms with Gasteiger partial charge in [0.1, 0.15) is 18.3 Å². The minimum atomic E-state index is -4.14. The van der Waals surface area contributed by atoms with Crippen molar-refractivity contribution in [3.05, 3.63) is 89.4 Å². The van der Waals surface area contributed by atoms with E-state index in [2.05, 4.69) is 5.32 Å². The van der Waals surface area contributed by atoms with Crippen LogP contribution in [-0.4, -0.2) is 50.9 Å². The highest BCUT2D eigenvalue weighted by molar-refractivity contribution is 7.92. The van der Waals surface area contributed by atoms with Crippen LogP contribution in [0.25, 0.3) is 0 Å². The molecule has 3 aromatic carbocycles. The fourth-order valence-corrected chi connectivity index (χ4v) is 5.34. The zero-order chi connectivity index (χ0) is 27.9. The van der Waals surface area contributed by atoms with Gasteiger partial charge in [-0.05, 0) is 62.7 Å². The predicted octanol–water partition coefficient (Wildman–Crippen LogP) is 4.49. The summed E-state index contributed by atoms with van der Waals surface area (Å²) in [5, 5.41) is 3.36. The summed E-state index contributed by atoms with van der Waals surface area (Å²) in [6, 6.07) is 20.3. The minimum Gasteiger partial charge on any atom is -0.497 e. The number of benzene rings is 3. The third kappa shape index (κ3) is 7.26. The highest BCUT2D eigenvalue weighted by atomic mass is 35.5. The maximum Gasteiger partial charge on any atom is 0.264 e. The van der Waals surface area contributed by atoms with E-state index in [0.29, 0.717) is 10.8 Å². The SMILES string of the molecule is COc1cccc(N(CC(=O)N(Cc2ccc(Cl)cc2)[C@@H](C)C(=O)NC(C)C)S(=O)(=O)c2ccccc2)c1. The molecule has 0 bridgehead atoms. The lowest BCUT2D eigenvalue weighted by atomic mass is 10.1. The monoisotopic (exact) mass is 557 g/mol. The van der Waals surface area contributed by atoms with E-state index in [9.17, 15) is 18.0 Å². The number of rotatable bonds is 11. The Hall–Kier alpha value is -3.56. The number of hydrogen-bond donors (Lipinski definition) is 1. The molecule has 1 atom stereocenters. The van der Waals surface area contributed by atoms with Crippen molar-refractivity contribution in [1.29, 1.82) is 0 Å². The molecule has 0 saturated carbocycles. The van der Waals surface area contributed by atoms with Crippen LogP contribution in [0, 0.1) is 0 Å². The molecule has 3 rings (SSSR count). The van der Waals surface area contributed by atoms with Crippen LogP contribution in [-0.2, 0) is 26.2 Å². The van der Waals surface area contributed by atoms with Gasteiger partial charge < -0.3 is 15.0 Å². The Labute approximate surface area is 229 Å². The van der Waals surface area contributed by atoms with Crippen molar-refractivity contribution in [2.45, 2.75) is 44.3 Å². The second-order valence-corrected chi connectivity index (χ2v) is 11.3. The Kier molecular flexibility index (Phi) is 9.77. The van der Waals surface area contributed by atoms with E-state index in [1.807, 2.05) is 13.8 Å². The van der Waals surface area contributed by atoms with Gasteiger partial charge in [0.2, 0.25) is 11.8 Å². The van der Waals surface area contributed by atoms with Crippen molar-refractivity contribution in [3.8, 4) is 5.75 Å². The van der Waals surface area contributed by atoms with E-state index >= 15 is 0 Å². The number of nitrogens with zero attached hydrogens (tertiary/aromatic N) is 2. The molecule has 10 heteroatoms. The second kappa shape index (κ2) is 12.8. The summed E-state index contributed by atoms with van der Waals surface area (Å²) in [5.41, 5.74) is 0.998. The number of ether oxygens (including phenoxy) is 1. The van der Waals surface area contributed by atoms with Gasteiger partial charge in [0.15, 0.2) is 0 Å². The first-order valence-corrected chi connectivity index (χ1v) is 13.9. The molecule has 8 nitrogen and oxygen atoms in total. The van der Waals surface area contributed by atoms with Crippen LogP contribution in [0.2, 0.25) is 5.02 Å². The molecule has 0 spiro atoms. The molecule has 0 aliphatic rings. The molecule has 0 heterocycles. The number of carbonyl (C=O) groups is 2. The zero-order valence-electron chi connectivity index (χ0n) is 21.8. The molecular weight excluding hydrogens is 526 g/mol. The molecule has 0 fully saturated rings. The normalized spacial score (nSPS) is 12.1. The summed E-state index contributed by atoms with van der Waals surface area (Å²) in [7, 11) is -2.66. The molecule has 0 radical (unpaired) electrons. The van der Waals surface area contributed by atoms with Crippen molar-refractivity contribution in [2.24, 2.45) is 0 Å². The quantitative estimate of drug-likeness (QED) is 0.375. The van der Waals surface area contributed by atoms with Crippen LogP contribution in [0.5, 0.6) is 5.75 Å². The van der Waals surface area contributed by atoms with Crippen LogP contribution < -0.4 is 14.4 Å². The van der Waals surface area contributed by atoms with Gasteiger partial charge in [-0.2, -0.15) is 0 Å². The van der Waals surface area contributed by atoms with Gasteiger partial charge in [0.25, 0.3) is 10.0 Å². The third-order valence-electron chi connectivity index (χ3n) is 5.82. The molecular formula is C28H32ClN3O5S. The number of sulfonamides is 1. The topological polar surface area (TPSA) is 96.0 Å². The number of halogens is 1. The lowest BCUT2D eigenvalue weighted by molar-refractivity contribution is -0.139. The first-order valence-electron chi connectivity index (χ1n) is 12.1. The van der Waals surface area contributed by atoms with E-state index in [0.717, 1.165) is 9.87 Å². The van der Waals surface area contributed by atoms with E-state index < -0.39 is 28.5 Å². The van der Waals surface area contributed by atoms with E-state index in [4.69, 9.17) is 16.3 Å². The molecule has 0 aliphatic carbocycles. The lowest BCUT2D eigenvalue weighted by Gasteiger charge is -2.32. The predicted molar refractivity (Wildman–Crippen MR) is 149 cm³/mol. The average molecular weight is 558 g/mol. The summed E-state index contributed by atoms with van der Waals surface area (Å²) in [4.78, 5) is 28.2. The Bertz CT molecular complexity index is 1350. The number of anilines is 1. The maximum absolute atomic E-state index is 13.8. The van der Waals surface area contributed by atoms with Crippen LogP contribution in [0.1, 0.15) is 26.3 Å². The standard InChI is InChI=1S/C28H32ClN3O5S/c1-20(2)30-28(34)21(3)31(18-22-13-15-23(29)16-14-22)27(33)19-32(24-9-8-10-25(17-24)37-4)38(35,36)26-11-6-5-7-12-26/h5-17,20-21H,18-19H2,1-4H3,(H,30,34)/t21-/m0/s1. The molecule has 0 unspecified atom stereocenters. The van der Waals surface area contributed by atoms with Crippen LogP contribution in [0.3, 0.4) is 0 Å². The van der Waals surface area contributed by atoms with Gasteiger partial charge in [-0.1, -0.05) is 48.0 Å². The largest absolute Gasteiger partial charge is 0.497 e. The average Bonchev–Trinajstić information content (AvgIpc) is 2.90. The van der Waals surface area contributed by atoms with E-state index in [-0.39, 0.29) is 29.1 Å². The zero-order valence-corrected chi connectivity index (χ0v) is 23.4. The third-order valence-corrected chi connectivity index (χ3v) is 7.86. The lowest BCUT2D eigenvalue weighted by Crippen LogP contribution is -2.52. The van der Waals surface area contributed by atoms with Gasteiger partial charge in [-0.15, -0.1) is 0 Å². The summed E-state index contributed by atoms with van der Waals surface area (Å²) < 4.78 is 33.8. The molecule has 3 aromatic rings. The van der Waals surface area contributed by atoms with Crippen LogP contribution in [0.4, 0.5) is 5.69 Å². The number of amides is 2. The second-order valence-electron chi connectivity index (χ2n) is 9.01. The molecule has 202 valence electrons. The van der Waals surface area contributed by atoms with Crippen molar-refractivity contribution in [2.75, 3.05) is 18.0 Å². The van der Waals surface area contributed by atoms with Crippen LogP contribution in [0.15, 0.2) is 83.8 Å². The summed E-state index contributed by atoms with van der Waals surface area (Å²) in [5.74, 6) is -0.458. The van der Waals surface area contributed by atoms with Crippen molar-refractivity contribution >= 4 is 39.1 Å². The fourth-order valence-electron chi connectivity index (χ4n) is 3.79. The molecule has 38 heavy (non-hydrogen) atoms. The molecule has 0 saturated heterocycles. The van der Waals surface area contributed by atoms with Gasteiger partial charge in [0.05, 0.1) is 17.7 Å². The smallest absolute Gasteiger partial charge is 0.264 e. The van der Waals surface area contributed by atoms with Gasteiger partial charge >= 0.3 is 0 Å². The van der Waals surface area contributed by atoms with E-state index in [1.54, 1.807) is 73.7 Å². The Morgan fingerprint density at radius 2 is 1.61 bits per heavy atom. The molecule has 0 aliphatic heterocycles. The van der Waals surface area contributed by atoms with Crippen molar-refractivity contribution in [3.63, 3.8) is 0 Å². The number of methoxy groups -OCH3 is 1. The van der Waals surface area contributed by atoms with E-state index in [1.165, 1.54) is 24.1 Å². The first-order chi connectivity index (χ1) is 18.0. The van der Waals surface area contributed by atoms with Gasteiger partial charge in [-0.3, -0.25) is 13.9 Å². The molecule has 0 aromatic heterocycles. The molecule has 2 amide bonds. The summed E-state index contributed by atoms with van der Waals surface area (Å²) >= 11 is 6.02. The van der Waals surface area contributed by atoms with Crippen LogP contribution >= 0.6 is 11.6 Å². The maximum atomic E-state index is 13.8. The highest BCUT2D eigenvalue weighted by Crippen LogP contribution is 2.27. The van der Waals surface area contributed by atoms with Gasteiger partial charge in [0, 0.05) is 23.7 Å². The minimum absolute atomic E-state index is 0.0328. The summed E-state index contributed by atoms with van der Waals surface area (Å²) in [6.45, 7) is 4.82. The van der Waals surface area contributed by atoms with Crippen molar-refractivity contribution < 1.29 is 22.7 Å². The Balaban J connectivity index is 2.03. The first kappa shape index (κ1) is 29.0. The van der Waals surface area contributed by atoms with Crippen molar-refractivity contribution in [1.82, 2.24) is 10.2 Å². The number of carbonyl (C=O) groups excluding carboxylic acids is 2. The fraction of sp³-hybridized carbons (Fsp3) is 0.286. The van der Waals surface area contributed by atoms with Gasteiger partial charge in [-0.25, -0.2) is 8.42 Å². The highest BCUT2D eigenvalue weighted by Gasteiger charge is 2.32. The summed E-state index contributed by atoms with van der Waals surface area (Å²) in [6.07, 6.45) is 0. The Morgan fingerprint density at radius 1 is 0.947 bits per heavy atom. The Morgan fingerprint density at radius 3 is 2.21 bits per heavy atom. The number of nitrogens with one attached hydrogen (secondary N) is 1.